The predicted molar refractivity (Wildman–Crippen MR) is 98.5 cm³/mol. The van der Waals surface area contributed by atoms with Crippen LogP contribution in [0.4, 0.5) is 0 Å². The molecule has 0 aliphatic heterocycles. The predicted octanol–water partition coefficient (Wildman–Crippen LogP) is 2.27. The molecule has 1 fully saturated rings. The first-order valence-corrected chi connectivity index (χ1v) is 9.32. The molecule has 0 bridgehead atoms. The van der Waals surface area contributed by atoms with Crippen molar-refractivity contribution in [2.75, 3.05) is 0 Å². The third kappa shape index (κ3) is 6.50. The van der Waals surface area contributed by atoms with Gasteiger partial charge >= 0.3 is 5.97 Å². The second kappa shape index (κ2) is 9.94. The molecule has 1 aromatic carbocycles. The van der Waals surface area contributed by atoms with E-state index in [1.54, 1.807) is 6.92 Å². The molecule has 1 aliphatic rings. The summed E-state index contributed by atoms with van der Waals surface area (Å²) >= 11 is 0. The number of hydrogen-bond acceptors (Lipinski definition) is 3. The van der Waals surface area contributed by atoms with E-state index in [-0.39, 0.29) is 12.3 Å². The Labute approximate surface area is 154 Å². The highest BCUT2D eigenvalue weighted by Crippen LogP contribution is 2.26. The molecule has 3 N–H and O–H groups in total. The molecule has 2 amide bonds. The van der Waals surface area contributed by atoms with Crippen molar-refractivity contribution in [1.29, 1.82) is 0 Å². The van der Waals surface area contributed by atoms with Gasteiger partial charge in [-0.1, -0.05) is 49.6 Å². The molecular weight excluding hydrogens is 332 g/mol. The van der Waals surface area contributed by atoms with Gasteiger partial charge in [-0.25, -0.2) is 4.79 Å². The van der Waals surface area contributed by atoms with Crippen molar-refractivity contribution in [2.45, 2.75) is 64.0 Å². The van der Waals surface area contributed by atoms with E-state index in [1.165, 1.54) is 6.42 Å². The molecule has 142 valence electrons. The number of carbonyl (C=O) groups excluding carboxylic acids is 2. The van der Waals surface area contributed by atoms with Crippen LogP contribution >= 0.6 is 0 Å². The number of amides is 2. The molecule has 26 heavy (non-hydrogen) atoms. The van der Waals surface area contributed by atoms with Gasteiger partial charge in [-0.2, -0.15) is 0 Å². The van der Waals surface area contributed by atoms with Gasteiger partial charge < -0.3 is 15.7 Å². The van der Waals surface area contributed by atoms with Gasteiger partial charge in [0, 0.05) is 12.8 Å². The van der Waals surface area contributed by atoms with Gasteiger partial charge in [-0.05, 0) is 31.2 Å². The summed E-state index contributed by atoms with van der Waals surface area (Å²) in [5.74, 6) is -1.33. The number of nitrogens with one attached hydrogen (secondary N) is 2. The molecule has 2 rings (SSSR count). The van der Waals surface area contributed by atoms with Crippen LogP contribution < -0.4 is 10.6 Å². The number of carboxylic acids is 1. The molecular formula is C20H28N2O4. The Morgan fingerprint density at radius 1 is 1.08 bits per heavy atom. The van der Waals surface area contributed by atoms with Crippen molar-refractivity contribution in [3.05, 3.63) is 35.9 Å². The van der Waals surface area contributed by atoms with Crippen LogP contribution in [-0.2, 0) is 20.8 Å². The fourth-order valence-corrected chi connectivity index (χ4v) is 3.37. The van der Waals surface area contributed by atoms with Crippen LogP contribution in [0, 0.1) is 5.92 Å². The minimum atomic E-state index is -1.09. The van der Waals surface area contributed by atoms with Gasteiger partial charge in [0.25, 0.3) is 0 Å². The highest BCUT2D eigenvalue weighted by atomic mass is 16.4. The second-order valence-corrected chi connectivity index (χ2v) is 7.09. The number of benzene rings is 1. The number of carbonyl (C=O) groups is 3. The molecule has 0 aromatic heterocycles. The highest BCUT2D eigenvalue weighted by molar-refractivity contribution is 5.90. The van der Waals surface area contributed by atoms with Crippen molar-refractivity contribution in [1.82, 2.24) is 10.6 Å². The lowest BCUT2D eigenvalue weighted by molar-refractivity contribution is -0.142. The minimum Gasteiger partial charge on any atom is -0.480 e. The van der Waals surface area contributed by atoms with E-state index in [9.17, 15) is 19.5 Å². The Morgan fingerprint density at radius 2 is 1.73 bits per heavy atom. The molecule has 1 aromatic rings. The van der Waals surface area contributed by atoms with Crippen molar-refractivity contribution < 1.29 is 19.5 Å². The van der Waals surface area contributed by atoms with Crippen molar-refractivity contribution in [3.63, 3.8) is 0 Å². The van der Waals surface area contributed by atoms with E-state index in [4.69, 9.17) is 0 Å². The summed E-state index contributed by atoms with van der Waals surface area (Å²) in [4.78, 5) is 35.9. The van der Waals surface area contributed by atoms with Crippen LogP contribution in [0.15, 0.2) is 30.3 Å². The Balaban J connectivity index is 1.83. The lowest BCUT2D eigenvalue weighted by Gasteiger charge is -2.22. The third-order valence-electron chi connectivity index (χ3n) is 4.87. The van der Waals surface area contributed by atoms with Crippen LogP contribution in [0.3, 0.4) is 0 Å². The zero-order chi connectivity index (χ0) is 18.9. The zero-order valence-corrected chi connectivity index (χ0v) is 15.2. The Hall–Kier alpha value is -2.37. The summed E-state index contributed by atoms with van der Waals surface area (Å²) in [6.45, 7) is 1.58. The third-order valence-corrected chi connectivity index (χ3v) is 4.87. The van der Waals surface area contributed by atoms with Gasteiger partial charge in [0.15, 0.2) is 0 Å². The van der Waals surface area contributed by atoms with Gasteiger partial charge in [0.1, 0.15) is 12.1 Å². The Kier molecular flexibility index (Phi) is 7.63. The Morgan fingerprint density at radius 3 is 2.35 bits per heavy atom. The average molecular weight is 360 g/mol. The molecule has 0 saturated heterocycles. The van der Waals surface area contributed by atoms with Gasteiger partial charge in [0.2, 0.25) is 11.8 Å². The molecule has 2 atom stereocenters. The first-order chi connectivity index (χ1) is 12.5. The van der Waals surface area contributed by atoms with E-state index >= 15 is 0 Å². The standard InChI is InChI=1S/C20H28N2O4/c1-14(21-18(23)13-16-10-6-3-7-11-16)19(24)22-17(20(25)26)12-15-8-4-2-5-9-15/h2,4-5,8-9,14,16-17H,3,6-7,10-13H2,1H3,(H,21,23)(H,22,24)(H,25,26)/t14?,17-/m0/s1. The van der Waals surface area contributed by atoms with Gasteiger partial charge in [0.05, 0.1) is 0 Å². The topological polar surface area (TPSA) is 95.5 Å². The van der Waals surface area contributed by atoms with E-state index in [2.05, 4.69) is 10.6 Å². The molecule has 0 heterocycles. The lowest BCUT2D eigenvalue weighted by atomic mass is 9.87. The monoisotopic (exact) mass is 360 g/mol. The minimum absolute atomic E-state index is 0.144. The summed E-state index contributed by atoms with van der Waals surface area (Å²) in [7, 11) is 0. The number of aliphatic carboxylic acids is 1. The van der Waals surface area contributed by atoms with E-state index < -0.39 is 24.0 Å². The van der Waals surface area contributed by atoms with E-state index in [0.29, 0.717) is 12.3 Å². The highest BCUT2D eigenvalue weighted by Gasteiger charge is 2.25. The smallest absolute Gasteiger partial charge is 0.326 e. The van der Waals surface area contributed by atoms with Crippen molar-refractivity contribution >= 4 is 17.8 Å². The summed E-state index contributed by atoms with van der Waals surface area (Å²) in [5.41, 5.74) is 0.828. The van der Waals surface area contributed by atoms with Crippen molar-refractivity contribution in [3.8, 4) is 0 Å². The fourth-order valence-electron chi connectivity index (χ4n) is 3.37. The van der Waals surface area contributed by atoms with Crippen LogP contribution in [-0.4, -0.2) is 35.0 Å². The molecule has 0 spiro atoms. The molecule has 0 radical (unpaired) electrons. The first-order valence-electron chi connectivity index (χ1n) is 9.32. The summed E-state index contributed by atoms with van der Waals surface area (Å²) in [6.07, 6.45) is 6.31. The number of carboxylic acid groups (broad SMARTS) is 1. The maximum absolute atomic E-state index is 12.3. The normalized spacial score (nSPS) is 17.1. The summed E-state index contributed by atoms with van der Waals surface area (Å²) in [5, 5.41) is 14.6. The molecule has 6 nitrogen and oxygen atoms in total. The molecule has 6 heteroatoms. The number of hydrogen-bond donors (Lipinski definition) is 3. The van der Waals surface area contributed by atoms with Gasteiger partial charge in [-0.15, -0.1) is 0 Å². The van der Waals surface area contributed by atoms with E-state index in [0.717, 1.165) is 31.2 Å². The van der Waals surface area contributed by atoms with Crippen LogP contribution in [0.2, 0.25) is 0 Å². The maximum Gasteiger partial charge on any atom is 0.326 e. The summed E-state index contributed by atoms with van der Waals surface area (Å²) < 4.78 is 0. The molecule has 1 aliphatic carbocycles. The first kappa shape index (κ1) is 19.9. The maximum atomic E-state index is 12.3. The second-order valence-electron chi connectivity index (χ2n) is 7.09. The molecule has 1 unspecified atom stereocenters. The largest absolute Gasteiger partial charge is 0.480 e. The van der Waals surface area contributed by atoms with Crippen LogP contribution in [0.1, 0.15) is 51.0 Å². The van der Waals surface area contributed by atoms with Gasteiger partial charge in [-0.3, -0.25) is 9.59 Å². The van der Waals surface area contributed by atoms with Crippen LogP contribution in [0.25, 0.3) is 0 Å². The van der Waals surface area contributed by atoms with Crippen molar-refractivity contribution in [2.24, 2.45) is 5.92 Å². The summed E-state index contributed by atoms with van der Waals surface area (Å²) in [6, 6.07) is 7.34. The molecule has 1 saturated carbocycles. The lowest BCUT2D eigenvalue weighted by Crippen LogP contribution is -2.51. The average Bonchev–Trinajstić information content (AvgIpc) is 2.62. The zero-order valence-electron chi connectivity index (χ0n) is 15.2. The quantitative estimate of drug-likeness (QED) is 0.663. The number of rotatable bonds is 8. The SMILES string of the molecule is CC(NC(=O)CC1CCCCC1)C(=O)N[C@@H](Cc1ccccc1)C(=O)O. The van der Waals surface area contributed by atoms with Crippen LogP contribution in [0.5, 0.6) is 0 Å². The fraction of sp³-hybridized carbons (Fsp3) is 0.550. The van der Waals surface area contributed by atoms with E-state index in [1.807, 2.05) is 30.3 Å². The Bertz CT molecular complexity index is 611.